The van der Waals surface area contributed by atoms with Crippen LogP contribution in [0.3, 0.4) is 0 Å². The first kappa shape index (κ1) is 17.8. The van der Waals surface area contributed by atoms with Crippen molar-refractivity contribution in [2.24, 2.45) is 0 Å². The molecule has 1 amide bonds. The van der Waals surface area contributed by atoms with E-state index in [1.54, 1.807) is 27.2 Å². The zero-order valence-corrected chi connectivity index (χ0v) is 14.3. The van der Waals surface area contributed by atoms with E-state index in [9.17, 15) is 4.79 Å². The van der Waals surface area contributed by atoms with Crippen LogP contribution < -0.4 is 14.8 Å². The van der Waals surface area contributed by atoms with Gasteiger partial charge in [0.1, 0.15) is 6.61 Å². The Morgan fingerprint density at radius 1 is 1.25 bits per heavy atom. The second-order valence-electron chi connectivity index (χ2n) is 5.28. The molecule has 0 saturated heterocycles. The lowest BCUT2D eigenvalue weighted by molar-refractivity contribution is 0.0902. The summed E-state index contributed by atoms with van der Waals surface area (Å²) in [6.07, 6.45) is 0. The summed E-state index contributed by atoms with van der Waals surface area (Å²) in [5.74, 6) is 1.09. The summed E-state index contributed by atoms with van der Waals surface area (Å²) in [7, 11) is 3.19. The minimum absolute atomic E-state index is 0.186. The van der Waals surface area contributed by atoms with Gasteiger partial charge in [-0.2, -0.15) is 0 Å². The number of amides is 1. The highest BCUT2D eigenvalue weighted by molar-refractivity contribution is 5.91. The summed E-state index contributed by atoms with van der Waals surface area (Å²) in [6.45, 7) is 4.57. The van der Waals surface area contributed by atoms with Crippen LogP contribution in [0.4, 0.5) is 0 Å². The fourth-order valence-electron chi connectivity index (χ4n) is 2.13. The van der Waals surface area contributed by atoms with Crippen molar-refractivity contribution in [3.63, 3.8) is 0 Å². The van der Waals surface area contributed by atoms with E-state index in [0.29, 0.717) is 30.4 Å². The van der Waals surface area contributed by atoms with Crippen molar-refractivity contribution in [1.82, 2.24) is 10.5 Å². The van der Waals surface area contributed by atoms with Crippen LogP contribution in [-0.4, -0.2) is 38.5 Å². The van der Waals surface area contributed by atoms with Crippen LogP contribution in [0.2, 0.25) is 0 Å². The molecule has 0 aliphatic carbocycles. The van der Waals surface area contributed by atoms with Crippen LogP contribution in [0.25, 0.3) is 0 Å². The van der Waals surface area contributed by atoms with Gasteiger partial charge < -0.3 is 24.1 Å². The maximum atomic E-state index is 12.1. The molecule has 1 N–H and O–H groups in total. The Hall–Kier alpha value is -2.54. The van der Waals surface area contributed by atoms with Crippen LogP contribution in [0.1, 0.15) is 34.8 Å². The number of nitrogens with zero attached hydrogens (tertiary/aromatic N) is 1. The number of carbonyl (C=O) groups excluding carboxylic acids is 1. The number of aromatic nitrogens is 1. The Morgan fingerprint density at radius 2 is 2.04 bits per heavy atom. The number of nitrogens with one attached hydrogen (secondary N) is 1. The van der Waals surface area contributed by atoms with Crippen LogP contribution in [-0.2, 0) is 4.74 Å². The molecule has 0 spiro atoms. The molecular weight excluding hydrogens is 312 g/mol. The minimum Gasteiger partial charge on any atom is -0.493 e. The molecule has 1 aromatic carbocycles. The molecule has 2 aromatic rings. The molecule has 0 saturated carbocycles. The maximum absolute atomic E-state index is 12.1. The van der Waals surface area contributed by atoms with Gasteiger partial charge in [-0.15, -0.1) is 0 Å². The average molecular weight is 334 g/mol. The molecule has 24 heavy (non-hydrogen) atoms. The third-order valence-corrected chi connectivity index (χ3v) is 3.43. The first-order valence-electron chi connectivity index (χ1n) is 7.59. The molecule has 1 aromatic heterocycles. The number of benzene rings is 1. The van der Waals surface area contributed by atoms with Gasteiger partial charge in [0.2, 0.25) is 5.76 Å². The monoisotopic (exact) mass is 334 g/mol. The molecule has 0 radical (unpaired) electrons. The maximum Gasteiger partial charge on any atom is 0.290 e. The number of ether oxygens (including phenoxy) is 3. The first-order chi connectivity index (χ1) is 11.5. The third-order valence-electron chi connectivity index (χ3n) is 3.43. The van der Waals surface area contributed by atoms with Crippen LogP contribution >= 0.6 is 0 Å². The lowest BCUT2D eigenvalue weighted by Crippen LogP contribution is -2.26. The van der Waals surface area contributed by atoms with Gasteiger partial charge in [-0.3, -0.25) is 4.79 Å². The smallest absolute Gasteiger partial charge is 0.290 e. The van der Waals surface area contributed by atoms with E-state index in [-0.39, 0.29) is 17.7 Å². The Bertz CT molecular complexity index is 683. The molecule has 1 atom stereocenters. The van der Waals surface area contributed by atoms with E-state index in [2.05, 4.69) is 10.5 Å². The predicted molar refractivity (Wildman–Crippen MR) is 87.5 cm³/mol. The molecule has 0 fully saturated rings. The van der Waals surface area contributed by atoms with E-state index in [1.165, 1.54) is 0 Å². The van der Waals surface area contributed by atoms with Gasteiger partial charge in [-0.05, 0) is 31.5 Å². The number of methoxy groups -OCH3 is 2. The summed E-state index contributed by atoms with van der Waals surface area (Å²) in [5.41, 5.74) is 1.54. The highest BCUT2D eigenvalue weighted by atomic mass is 16.5. The predicted octanol–water partition coefficient (Wildman–Crippen LogP) is 2.51. The lowest BCUT2D eigenvalue weighted by atomic mass is 10.1. The standard InChI is InChI=1S/C17H22N2O5/c1-11-9-16(24-19-11)17(20)18-12(2)13-5-6-14(15(10-13)22-4)23-8-7-21-3/h5-6,9-10,12H,7-8H2,1-4H3,(H,18,20). The molecular formula is C17H22N2O5. The Balaban J connectivity index is 2.06. The minimum atomic E-state index is -0.317. The summed E-state index contributed by atoms with van der Waals surface area (Å²) in [4.78, 5) is 12.1. The number of rotatable bonds is 8. The number of carbonyl (C=O) groups is 1. The van der Waals surface area contributed by atoms with E-state index in [4.69, 9.17) is 18.7 Å². The van der Waals surface area contributed by atoms with Crippen molar-refractivity contribution in [3.8, 4) is 11.5 Å². The van der Waals surface area contributed by atoms with Crippen molar-refractivity contribution in [3.05, 3.63) is 41.3 Å². The molecule has 2 rings (SSSR count). The fraction of sp³-hybridized carbons (Fsp3) is 0.412. The Morgan fingerprint density at radius 3 is 2.67 bits per heavy atom. The normalized spacial score (nSPS) is 11.8. The van der Waals surface area contributed by atoms with Crippen molar-refractivity contribution in [2.45, 2.75) is 19.9 Å². The Kier molecular flexibility index (Phi) is 6.20. The van der Waals surface area contributed by atoms with Gasteiger partial charge in [-0.1, -0.05) is 11.2 Å². The van der Waals surface area contributed by atoms with Gasteiger partial charge in [0.05, 0.1) is 25.5 Å². The highest BCUT2D eigenvalue weighted by Crippen LogP contribution is 2.30. The lowest BCUT2D eigenvalue weighted by Gasteiger charge is -2.16. The van der Waals surface area contributed by atoms with Crippen molar-refractivity contribution >= 4 is 5.91 Å². The van der Waals surface area contributed by atoms with E-state index in [1.807, 2.05) is 25.1 Å². The summed E-state index contributed by atoms with van der Waals surface area (Å²) in [5, 5.41) is 6.57. The molecule has 7 nitrogen and oxygen atoms in total. The first-order valence-corrected chi connectivity index (χ1v) is 7.59. The number of aryl methyl sites for hydroxylation is 1. The van der Waals surface area contributed by atoms with E-state index >= 15 is 0 Å². The zero-order valence-electron chi connectivity index (χ0n) is 14.3. The van der Waals surface area contributed by atoms with Gasteiger partial charge in [0.25, 0.3) is 5.91 Å². The quantitative estimate of drug-likeness (QED) is 0.747. The van der Waals surface area contributed by atoms with Crippen LogP contribution in [0.5, 0.6) is 11.5 Å². The van der Waals surface area contributed by atoms with Gasteiger partial charge in [0, 0.05) is 13.2 Å². The fourth-order valence-corrected chi connectivity index (χ4v) is 2.13. The molecule has 1 heterocycles. The van der Waals surface area contributed by atoms with Crippen molar-refractivity contribution < 1.29 is 23.5 Å². The van der Waals surface area contributed by atoms with Gasteiger partial charge in [0.15, 0.2) is 11.5 Å². The summed E-state index contributed by atoms with van der Waals surface area (Å²) in [6, 6.07) is 6.88. The van der Waals surface area contributed by atoms with Crippen molar-refractivity contribution in [1.29, 1.82) is 0 Å². The van der Waals surface area contributed by atoms with Crippen LogP contribution in [0.15, 0.2) is 28.8 Å². The number of hydrogen-bond acceptors (Lipinski definition) is 6. The van der Waals surface area contributed by atoms with E-state index in [0.717, 1.165) is 5.56 Å². The molecule has 0 aliphatic rings. The highest BCUT2D eigenvalue weighted by Gasteiger charge is 2.17. The van der Waals surface area contributed by atoms with Crippen LogP contribution in [0, 0.1) is 6.92 Å². The largest absolute Gasteiger partial charge is 0.493 e. The molecule has 7 heteroatoms. The molecule has 130 valence electrons. The second kappa shape index (κ2) is 8.35. The SMILES string of the molecule is COCCOc1ccc(C(C)NC(=O)c2cc(C)no2)cc1OC. The van der Waals surface area contributed by atoms with Crippen molar-refractivity contribution in [2.75, 3.05) is 27.4 Å². The third kappa shape index (κ3) is 4.48. The Labute approximate surface area is 140 Å². The molecule has 0 aliphatic heterocycles. The molecule has 1 unspecified atom stereocenters. The van der Waals surface area contributed by atoms with Gasteiger partial charge >= 0.3 is 0 Å². The number of hydrogen-bond donors (Lipinski definition) is 1. The second-order valence-corrected chi connectivity index (χ2v) is 5.28. The summed E-state index contributed by atoms with van der Waals surface area (Å²) >= 11 is 0. The average Bonchev–Trinajstić information content (AvgIpc) is 3.01. The van der Waals surface area contributed by atoms with Gasteiger partial charge in [-0.25, -0.2) is 0 Å². The molecule has 0 bridgehead atoms. The van der Waals surface area contributed by atoms with E-state index < -0.39 is 0 Å². The zero-order chi connectivity index (χ0) is 17.5. The summed E-state index contributed by atoms with van der Waals surface area (Å²) < 4.78 is 20.9. The topological polar surface area (TPSA) is 82.8 Å².